The lowest BCUT2D eigenvalue weighted by Crippen LogP contribution is -2.06. The number of rotatable bonds is 6. The van der Waals surface area contributed by atoms with Gasteiger partial charge in [0.25, 0.3) is 0 Å². The Bertz CT molecular complexity index is 378. The van der Waals surface area contributed by atoms with Gasteiger partial charge in [0, 0.05) is 7.11 Å². The van der Waals surface area contributed by atoms with E-state index in [4.69, 9.17) is 4.74 Å². The van der Waals surface area contributed by atoms with E-state index in [1.807, 2.05) is 6.08 Å². The Morgan fingerprint density at radius 1 is 1.41 bits per heavy atom. The van der Waals surface area contributed by atoms with Gasteiger partial charge in [0.15, 0.2) is 0 Å². The third-order valence-corrected chi connectivity index (χ3v) is 3.20. The van der Waals surface area contributed by atoms with Crippen LogP contribution in [0.1, 0.15) is 31.4 Å². The summed E-state index contributed by atoms with van der Waals surface area (Å²) in [7, 11) is 4.46. The molecule has 2 heteroatoms. The van der Waals surface area contributed by atoms with Crippen molar-refractivity contribution in [2.75, 3.05) is 7.11 Å². The smallest absolute Gasteiger partial charge is 0.103 e. The maximum Gasteiger partial charge on any atom is 0.103 e. The largest absolute Gasteiger partial charge is 0.372 e. The maximum absolute atomic E-state index is 5.62. The zero-order chi connectivity index (χ0) is 12.7. The van der Waals surface area contributed by atoms with Gasteiger partial charge in [-0.15, -0.1) is 15.8 Å². The van der Waals surface area contributed by atoms with E-state index < -0.39 is 0 Å². The average Bonchev–Trinajstić information content (AvgIpc) is 2.36. The first-order valence-corrected chi connectivity index (χ1v) is 6.44. The Morgan fingerprint density at radius 3 is 2.53 bits per heavy atom. The zero-order valence-electron chi connectivity index (χ0n) is 10.6. The van der Waals surface area contributed by atoms with E-state index in [-0.39, 0.29) is 6.10 Å². The molecule has 0 spiro atoms. The molecule has 0 aromatic heterocycles. The van der Waals surface area contributed by atoms with E-state index in [9.17, 15) is 0 Å². The number of benzene rings is 1. The van der Waals surface area contributed by atoms with Crippen LogP contribution in [-0.4, -0.2) is 7.11 Å². The Morgan fingerprint density at radius 2 is 2.06 bits per heavy atom. The Labute approximate surface area is 107 Å². The van der Waals surface area contributed by atoms with Gasteiger partial charge in [0.05, 0.1) is 0 Å². The highest BCUT2D eigenvalue weighted by Crippen LogP contribution is 2.28. The van der Waals surface area contributed by atoms with Crippen LogP contribution in [-0.2, 0) is 4.74 Å². The molecule has 17 heavy (non-hydrogen) atoms. The van der Waals surface area contributed by atoms with Crippen LogP contribution < -0.4 is 5.30 Å². The van der Waals surface area contributed by atoms with Crippen LogP contribution in [0.4, 0.5) is 0 Å². The van der Waals surface area contributed by atoms with Gasteiger partial charge in [-0.1, -0.05) is 36.4 Å². The molecule has 0 aliphatic rings. The summed E-state index contributed by atoms with van der Waals surface area (Å²) < 4.78 is 5.62. The minimum absolute atomic E-state index is 0.0607. The van der Waals surface area contributed by atoms with Crippen molar-refractivity contribution in [1.82, 2.24) is 0 Å². The summed E-state index contributed by atoms with van der Waals surface area (Å²) in [5, 5.41) is 1.19. The highest BCUT2D eigenvalue weighted by molar-refractivity contribution is 7.27. The van der Waals surface area contributed by atoms with Gasteiger partial charge >= 0.3 is 0 Å². The van der Waals surface area contributed by atoms with E-state index >= 15 is 0 Å². The van der Waals surface area contributed by atoms with E-state index in [2.05, 4.69) is 53.1 Å². The monoisotopic (exact) mass is 248 g/mol. The second-order valence-corrected chi connectivity index (χ2v) is 4.64. The second kappa shape index (κ2) is 7.42. The van der Waals surface area contributed by atoms with Gasteiger partial charge in [0.2, 0.25) is 0 Å². The molecule has 0 saturated carbocycles. The summed E-state index contributed by atoms with van der Waals surface area (Å²) in [4.78, 5) is 0. The van der Waals surface area contributed by atoms with E-state index in [0.29, 0.717) is 0 Å². The molecule has 2 unspecified atom stereocenters. The van der Waals surface area contributed by atoms with Crippen molar-refractivity contribution < 1.29 is 4.74 Å². The van der Waals surface area contributed by atoms with Crippen molar-refractivity contribution >= 4 is 14.5 Å². The first kappa shape index (κ1) is 14.2. The topological polar surface area (TPSA) is 9.23 Å². The summed E-state index contributed by atoms with van der Waals surface area (Å²) in [6.07, 6.45) is 6.14. The highest BCUT2D eigenvalue weighted by atomic mass is 31.0. The predicted molar refractivity (Wildman–Crippen MR) is 78.7 cm³/mol. The molecule has 0 heterocycles. The molecule has 1 aromatic carbocycles. The average molecular weight is 248 g/mol. The lowest BCUT2D eigenvalue weighted by Gasteiger charge is -2.19. The number of ether oxygens (including phenoxy) is 1. The molecule has 2 atom stereocenters. The van der Waals surface area contributed by atoms with Gasteiger partial charge in [-0.05, 0) is 36.2 Å². The van der Waals surface area contributed by atoms with Crippen LogP contribution in [0.5, 0.6) is 0 Å². The molecule has 0 aliphatic heterocycles. The van der Waals surface area contributed by atoms with E-state index in [1.165, 1.54) is 16.4 Å². The number of hydrogen-bond acceptors (Lipinski definition) is 1. The first-order chi connectivity index (χ1) is 8.22. The van der Waals surface area contributed by atoms with Crippen LogP contribution in [0, 0.1) is 0 Å². The Kier molecular flexibility index (Phi) is 6.18. The van der Waals surface area contributed by atoms with Crippen molar-refractivity contribution in [3.63, 3.8) is 0 Å². The lowest BCUT2D eigenvalue weighted by atomic mass is 9.97. The third-order valence-electron chi connectivity index (χ3n) is 2.82. The zero-order valence-corrected chi connectivity index (χ0v) is 11.8. The molecular weight excluding hydrogens is 227 g/mol. The van der Waals surface area contributed by atoms with Gasteiger partial charge in [-0.2, -0.15) is 0 Å². The van der Waals surface area contributed by atoms with Crippen LogP contribution >= 0.6 is 9.24 Å². The molecule has 0 N–H and O–H groups in total. The molecule has 1 nitrogen and oxygen atoms in total. The normalized spacial score (nSPS) is 13.5. The van der Waals surface area contributed by atoms with E-state index in [0.717, 1.165) is 12.8 Å². The molecule has 0 aliphatic carbocycles. The standard InChI is InChI=1S/C15H21OP/c1-4-6-7-12(5-2)15(16-3)13-8-10-14(17)11-9-13/h4-5,8-11,15H,1,6-7,17H2,2-3H3. The Balaban J connectivity index is 2.89. The van der Waals surface area contributed by atoms with Gasteiger partial charge in [0.1, 0.15) is 6.10 Å². The first-order valence-electron chi connectivity index (χ1n) is 5.87. The molecule has 0 fully saturated rings. The molecule has 0 radical (unpaired) electrons. The molecular formula is C15H21OP. The molecule has 0 saturated heterocycles. The van der Waals surface area contributed by atoms with Crippen molar-refractivity contribution in [3.05, 3.63) is 54.1 Å². The number of allylic oxidation sites excluding steroid dienone is 2. The van der Waals surface area contributed by atoms with Crippen molar-refractivity contribution in [2.45, 2.75) is 25.9 Å². The minimum Gasteiger partial charge on any atom is -0.372 e. The quantitative estimate of drug-likeness (QED) is 0.550. The summed E-state index contributed by atoms with van der Waals surface area (Å²) in [6.45, 7) is 5.83. The SMILES string of the molecule is C=CCCC(=CC)C(OC)c1ccc(P)cc1. The fourth-order valence-electron chi connectivity index (χ4n) is 1.87. The van der Waals surface area contributed by atoms with Crippen LogP contribution in [0.2, 0.25) is 0 Å². The van der Waals surface area contributed by atoms with Crippen molar-refractivity contribution in [3.8, 4) is 0 Å². The minimum atomic E-state index is 0.0607. The Hall–Kier alpha value is -0.910. The van der Waals surface area contributed by atoms with Crippen molar-refractivity contribution in [1.29, 1.82) is 0 Å². The summed E-state index contributed by atoms with van der Waals surface area (Å²) in [5.41, 5.74) is 2.51. The second-order valence-electron chi connectivity index (χ2n) is 3.97. The van der Waals surface area contributed by atoms with Crippen LogP contribution in [0.25, 0.3) is 0 Å². The van der Waals surface area contributed by atoms with Crippen LogP contribution in [0.15, 0.2) is 48.6 Å². The van der Waals surface area contributed by atoms with Gasteiger partial charge in [-0.3, -0.25) is 0 Å². The summed E-state index contributed by atoms with van der Waals surface area (Å²) >= 11 is 0. The molecule has 0 bridgehead atoms. The summed E-state index contributed by atoms with van der Waals surface area (Å²) in [6, 6.07) is 8.42. The van der Waals surface area contributed by atoms with Gasteiger partial charge < -0.3 is 4.74 Å². The fraction of sp³-hybridized carbons (Fsp3) is 0.333. The third kappa shape index (κ3) is 4.11. The maximum atomic E-state index is 5.62. The number of methoxy groups -OCH3 is 1. The number of hydrogen-bond donors (Lipinski definition) is 0. The van der Waals surface area contributed by atoms with E-state index in [1.54, 1.807) is 7.11 Å². The fourth-order valence-corrected chi connectivity index (χ4v) is 2.06. The predicted octanol–water partition coefficient (Wildman–Crippen LogP) is 3.79. The molecule has 1 aromatic rings. The summed E-state index contributed by atoms with van der Waals surface area (Å²) in [5.74, 6) is 0. The highest BCUT2D eigenvalue weighted by Gasteiger charge is 2.14. The van der Waals surface area contributed by atoms with Gasteiger partial charge in [-0.25, -0.2) is 0 Å². The van der Waals surface area contributed by atoms with Crippen LogP contribution in [0.3, 0.4) is 0 Å². The molecule has 92 valence electrons. The van der Waals surface area contributed by atoms with Crippen molar-refractivity contribution in [2.24, 2.45) is 0 Å². The lowest BCUT2D eigenvalue weighted by molar-refractivity contribution is 0.130. The molecule has 0 amide bonds. The molecule has 1 rings (SSSR count).